The standard InChI is InChI=1S/C22H19N3O3/c1-3-27-22(26)18-12-17-15-6-4-5-7-16(15)21(25-20(17)24-19(18)23)28-14-10-8-13(2)9-11-14/h4-12H,3H2,1-2H3,(H2,23,24,25). The summed E-state index contributed by atoms with van der Waals surface area (Å²) in [6, 6.07) is 17.1. The Labute approximate surface area is 161 Å². The van der Waals surface area contributed by atoms with Crippen molar-refractivity contribution in [2.24, 2.45) is 0 Å². The van der Waals surface area contributed by atoms with E-state index in [1.54, 1.807) is 13.0 Å². The van der Waals surface area contributed by atoms with Crippen LogP contribution in [-0.2, 0) is 4.74 Å². The predicted octanol–water partition coefficient (Wildman–Crippen LogP) is 4.64. The molecule has 140 valence electrons. The van der Waals surface area contributed by atoms with Gasteiger partial charge in [-0.15, -0.1) is 0 Å². The molecule has 0 aliphatic rings. The van der Waals surface area contributed by atoms with Crippen molar-refractivity contribution in [3.8, 4) is 11.6 Å². The van der Waals surface area contributed by atoms with Crippen LogP contribution in [0.2, 0.25) is 0 Å². The Morgan fingerprint density at radius 1 is 1.00 bits per heavy atom. The van der Waals surface area contributed by atoms with Crippen LogP contribution in [0.5, 0.6) is 11.6 Å². The normalized spacial score (nSPS) is 10.9. The van der Waals surface area contributed by atoms with Crippen molar-refractivity contribution in [3.05, 3.63) is 65.7 Å². The lowest BCUT2D eigenvalue weighted by Gasteiger charge is -2.12. The Hall–Kier alpha value is -3.67. The molecule has 0 amide bonds. The van der Waals surface area contributed by atoms with Crippen LogP contribution in [-0.4, -0.2) is 22.5 Å². The maximum Gasteiger partial charge on any atom is 0.341 e. The zero-order valence-electron chi connectivity index (χ0n) is 15.6. The molecule has 0 spiro atoms. The van der Waals surface area contributed by atoms with E-state index in [1.165, 1.54) is 0 Å². The van der Waals surface area contributed by atoms with Gasteiger partial charge in [0.25, 0.3) is 0 Å². The first-order chi connectivity index (χ1) is 13.6. The van der Waals surface area contributed by atoms with Crippen molar-refractivity contribution < 1.29 is 14.3 Å². The lowest BCUT2D eigenvalue weighted by atomic mass is 10.1. The Bertz CT molecular complexity index is 1190. The molecular formula is C22H19N3O3. The first-order valence-electron chi connectivity index (χ1n) is 8.97. The van der Waals surface area contributed by atoms with E-state index < -0.39 is 5.97 Å². The number of carbonyl (C=O) groups is 1. The van der Waals surface area contributed by atoms with Gasteiger partial charge in [-0.1, -0.05) is 35.9 Å². The zero-order valence-corrected chi connectivity index (χ0v) is 15.6. The van der Waals surface area contributed by atoms with Crippen LogP contribution in [0.4, 0.5) is 5.82 Å². The highest BCUT2D eigenvalue weighted by Crippen LogP contribution is 2.34. The average Bonchev–Trinajstić information content (AvgIpc) is 2.69. The monoisotopic (exact) mass is 373 g/mol. The number of aryl methyl sites for hydroxylation is 1. The van der Waals surface area contributed by atoms with Gasteiger partial charge in [-0.25, -0.2) is 9.78 Å². The van der Waals surface area contributed by atoms with Crippen molar-refractivity contribution in [1.29, 1.82) is 0 Å². The fourth-order valence-corrected chi connectivity index (χ4v) is 3.03. The molecule has 2 heterocycles. The van der Waals surface area contributed by atoms with Crippen LogP contribution >= 0.6 is 0 Å². The summed E-state index contributed by atoms with van der Waals surface area (Å²) in [6.07, 6.45) is 0. The van der Waals surface area contributed by atoms with Gasteiger partial charge in [-0.3, -0.25) is 0 Å². The van der Waals surface area contributed by atoms with Crippen LogP contribution in [0.25, 0.3) is 21.8 Å². The number of hydrogen-bond acceptors (Lipinski definition) is 6. The summed E-state index contributed by atoms with van der Waals surface area (Å²) in [5.41, 5.74) is 7.77. The van der Waals surface area contributed by atoms with Gasteiger partial charge in [0.15, 0.2) is 5.65 Å². The summed E-state index contributed by atoms with van der Waals surface area (Å²) in [7, 11) is 0. The fraction of sp³-hybridized carbons (Fsp3) is 0.136. The second kappa shape index (κ2) is 7.15. The minimum absolute atomic E-state index is 0.0787. The Kier molecular flexibility index (Phi) is 4.53. The van der Waals surface area contributed by atoms with Crippen LogP contribution < -0.4 is 10.5 Å². The summed E-state index contributed by atoms with van der Waals surface area (Å²) in [6.45, 7) is 4.02. The second-order valence-electron chi connectivity index (χ2n) is 6.39. The van der Waals surface area contributed by atoms with E-state index in [1.807, 2.05) is 55.5 Å². The summed E-state index contributed by atoms with van der Waals surface area (Å²) in [5, 5.41) is 2.40. The molecule has 0 bridgehead atoms. The predicted molar refractivity (Wildman–Crippen MR) is 109 cm³/mol. The summed E-state index contributed by atoms with van der Waals surface area (Å²) in [4.78, 5) is 21.1. The van der Waals surface area contributed by atoms with E-state index in [4.69, 9.17) is 15.2 Å². The minimum Gasteiger partial charge on any atom is -0.462 e. The van der Waals surface area contributed by atoms with E-state index in [0.717, 1.165) is 16.3 Å². The third kappa shape index (κ3) is 3.20. The van der Waals surface area contributed by atoms with Crippen molar-refractivity contribution in [1.82, 2.24) is 9.97 Å². The third-order valence-corrected chi connectivity index (χ3v) is 4.42. The molecule has 2 N–H and O–H groups in total. The van der Waals surface area contributed by atoms with Crippen LogP contribution in [0.3, 0.4) is 0 Å². The van der Waals surface area contributed by atoms with E-state index in [2.05, 4.69) is 9.97 Å². The molecule has 2 aromatic heterocycles. The number of hydrogen-bond donors (Lipinski definition) is 1. The molecule has 0 radical (unpaired) electrons. The van der Waals surface area contributed by atoms with E-state index in [9.17, 15) is 4.79 Å². The second-order valence-corrected chi connectivity index (χ2v) is 6.39. The Balaban J connectivity index is 1.91. The number of fused-ring (bicyclic) bond motifs is 3. The van der Waals surface area contributed by atoms with E-state index >= 15 is 0 Å². The average molecular weight is 373 g/mol. The summed E-state index contributed by atoms with van der Waals surface area (Å²) >= 11 is 0. The summed E-state index contributed by atoms with van der Waals surface area (Å²) in [5.74, 6) is 0.690. The van der Waals surface area contributed by atoms with Gasteiger partial charge in [-0.2, -0.15) is 4.98 Å². The van der Waals surface area contributed by atoms with Gasteiger partial charge in [0.1, 0.15) is 17.1 Å². The molecule has 0 aliphatic carbocycles. The number of rotatable bonds is 4. The number of nitrogens with two attached hydrogens (primary N) is 1. The maximum absolute atomic E-state index is 12.2. The third-order valence-electron chi connectivity index (χ3n) is 4.42. The number of nitrogens with zero attached hydrogens (tertiary/aromatic N) is 2. The van der Waals surface area contributed by atoms with Crippen molar-refractivity contribution in [2.45, 2.75) is 13.8 Å². The number of benzene rings is 2. The highest BCUT2D eigenvalue weighted by molar-refractivity contribution is 6.09. The van der Waals surface area contributed by atoms with Crippen molar-refractivity contribution in [3.63, 3.8) is 0 Å². The number of nitrogen functional groups attached to an aromatic ring is 1. The van der Waals surface area contributed by atoms with Crippen molar-refractivity contribution in [2.75, 3.05) is 12.3 Å². The van der Waals surface area contributed by atoms with Gasteiger partial charge in [0, 0.05) is 10.8 Å². The highest BCUT2D eigenvalue weighted by Gasteiger charge is 2.17. The largest absolute Gasteiger partial charge is 0.462 e. The molecule has 0 unspecified atom stereocenters. The van der Waals surface area contributed by atoms with Crippen LogP contribution in [0.15, 0.2) is 54.6 Å². The van der Waals surface area contributed by atoms with Gasteiger partial charge >= 0.3 is 5.97 Å². The van der Waals surface area contributed by atoms with Gasteiger partial charge in [-0.05, 0) is 43.5 Å². The first kappa shape index (κ1) is 17.7. The molecule has 0 atom stereocenters. The number of aromatic nitrogens is 2. The molecule has 4 rings (SSSR count). The highest BCUT2D eigenvalue weighted by atomic mass is 16.5. The molecule has 0 fully saturated rings. The van der Waals surface area contributed by atoms with Gasteiger partial charge < -0.3 is 15.2 Å². The number of esters is 1. The lowest BCUT2D eigenvalue weighted by molar-refractivity contribution is 0.0527. The molecule has 2 aromatic carbocycles. The lowest BCUT2D eigenvalue weighted by Crippen LogP contribution is -2.10. The fourth-order valence-electron chi connectivity index (χ4n) is 3.03. The van der Waals surface area contributed by atoms with Gasteiger partial charge in [0.05, 0.1) is 6.61 Å². The zero-order chi connectivity index (χ0) is 19.7. The topological polar surface area (TPSA) is 87.3 Å². The molecule has 0 saturated carbocycles. The molecule has 4 aromatic rings. The molecule has 6 nitrogen and oxygen atoms in total. The molecule has 6 heteroatoms. The Morgan fingerprint density at radius 2 is 1.71 bits per heavy atom. The van der Waals surface area contributed by atoms with Crippen LogP contribution in [0, 0.1) is 6.92 Å². The number of anilines is 1. The van der Waals surface area contributed by atoms with Gasteiger partial charge in [0.2, 0.25) is 5.88 Å². The first-order valence-corrected chi connectivity index (χ1v) is 8.97. The molecular weight excluding hydrogens is 354 g/mol. The summed E-state index contributed by atoms with van der Waals surface area (Å²) < 4.78 is 11.1. The Morgan fingerprint density at radius 3 is 2.43 bits per heavy atom. The number of carbonyl (C=O) groups excluding carboxylic acids is 1. The minimum atomic E-state index is -0.501. The molecule has 28 heavy (non-hydrogen) atoms. The molecule has 0 saturated heterocycles. The van der Waals surface area contributed by atoms with Crippen molar-refractivity contribution >= 4 is 33.6 Å². The smallest absolute Gasteiger partial charge is 0.341 e. The van der Waals surface area contributed by atoms with E-state index in [0.29, 0.717) is 22.7 Å². The SMILES string of the molecule is CCOC(=O)c1cc2c(nc1N)nc(Oc1ccc(C)cc1)c1ccccc12. The van der Waals surface area contributed by atoms with E-state index in [-0.39, 0.29) is 18.0 Å². The molecule has 0 aliphatic heterocycles. The quantitative estimate of drug-likeness (QED) is 0.414. The number of ether oxygens (including phenoxy) is 2. The van der Waals surface area contributed by atoms with Crippen LogP contribution in [0.1, 0.15) is 22.8 Å². The number of pyridine rings is 2. The maximum atomic E-state index is 12.2.